The van der Waals surface area contributed by atoms with Crippen molar-refractivity contribution in [2.45, 2.75) is 13.0 Å². The normalized spacial score (nSPS) is 10.3. The first-order chi connectivity index (χ1) is 8.76. The molecule has 0 amide bonds. The summed E-state index contributed by atoms with van der Waals surface area (Å²) in [5, 5.41) is 25.7. The van der Waals surface area contributed by atoms with Gasteiger partial charge in [0.05, 0.1) is 0 Å². The largest absolute Gasteiger partial charge is 0.396 e. The number of halogens is 1. The highest BCUT2D eigenvalue weighted by molar-refractivity contribution is 9.10. The second-order valence-electron chi connectivity index (χ2n) is 3.71. The molecular weight excluding hydrogens is 296 g/mol. The van der Waals surface area contributed by atoms with Gasteiger partial charge in [-0.3, -0.25) is 0 Å². The first-order valence-corrected chi connectivity index (χ1v) is 6.26. The number of hydrogen-bond donors (Lipinski definition) is 1. The van der Waals surface area contributed by atoms with Crippen molar-refractivity contribution >= 4 is 15.9 Å². The fraction of sp³-hybridized carbons (Fsp3) is 0.250. The number of aromatic nitrogens is 3. The Bertz CT molecular complexity index is 588. The third-order valence-corrected chi connectivity index (χ3v) is 2.96. The standard InChI is InChI=1S/C12H11BrN4O/c13-10-4-1-3-9(7-10)12-11(8-14)15-16-17(12)5-2-6-18/h1,3-4,7,18H,2,5-6H2. The number of hydrogen-bond acceptors (Lipinski definition) is 4. The number of nitriles is 1. The maximum absolute atomic E-state index is 9.06. The summed E-state index contributed by atoms with van der Waals surface area (Å²) in [7, 11) is 0. The molecule has 1 aromatic heterocycles. The van der Waals surface area contributed by atoms with Gasteiger partial charge in [-0.2, -0.15) is 5.26 Å². The number of aliphatic hydroxyl groups excluding tert-OH is 1. The lowest BCUT2D eigenvalue weighted by atomic mass is 10.1. The molecule has 6 heteroatoms. The van der Waals surface area contributed by atoms with Crippen molar-refractivity contribution in [2.75, 3.05) is 6.61 Å². The second-order valence-corrected chi connectivity index (χ2v) is 4.62. The Hall–Kier alpha value is -1.71. The minimum Gasteiger partial charge on any atom is -0.396 e. The summed E-state index contributed by atoms with van der Waals surface area (Å²) in [6.07, 6.45) is 0.579. The Morgan fingerprint density at radius 3 is 2.94 bits per heavy atom. The van der Waals surface area contributed by atoms with Crippen LogP contribution in [0.3, 0.4) is 0 Å². The molecule has 0 unspecified atom stereocenters. The molecule has 1 aromatic carbocycles. The van der Waals surface area contributed by atoms with E-state index in [1.54, 1.807) is 4.68 Å². The Morgan fingerprint density at radius 2 is 2.28 bits per heavy atom. The van der Waals surface area contributed by atoms with Gasteiger partial charge in [0.1, 0.15) is 11.8 Å². The van der Waals surface area contributed by atoms with Crippen molar-refractivity contribution < 1.29 is 5.11 Å². The highest BCUT2D eigenvalue weighted by atomic mass is 79.9. The molecular formula is C12H11BrN4O. The van der Waals surface area contributed by atoms with Gasteiger partial charge in [0.15, 0.2) is 5.69 Å². The molecule has 0 aliphatic heterocycles. The molecule has 1 heterocycles. The van der Waals surface area contributed by atoms with E-state index in [4.69, 9.17) is 10.4 Å². The van der Waals surface area contributed by atoms with Gasteiger partial charge in [-0.05, 0) is 18.6 Å². The van der Waals surface area contributed by atoms with Crippen LogP contribution in [0.4, 0.5) is 0 Å². The van der Waals surface area contributed by atoms with Gasteiger partial charge < -0.3 is 5.11 Å². The van der Waals surface area contributed by atoms with Crippen molar-refractivity contribution in [3.05, 3.63) is 34.4 Å². The smallest absolute Gasteiger partial charge is 0.190 e. The van der Waals surface area contributed by atoms with E-state index >= 15 is 0 Å². The minimum absolute atomic E-state index is 0.0830. The second kappa shape index (κ2) is 5.76. The summed E-state index contributed by atoms with van der Waals surface area (Å²) in [5.74, 6) is 0. The van der Waals surface area contributed by atoms with Crippen molar-refractivity contribution in [3.8, 4) is 17.3 Å². The first-order valence-electron chi connectivity index (χ1n) is 5.46. The van der Waals surface area contributed by atoms with E-state index in [2.05, 4.69) is 26.2 Å². The van der Waals surface area contributed by atoms with Gasteiger partial charge in [0.2, 0.25) is 0 Å². The molecule has 0 bridgehead atoms. The zero-order valence-corrected chi connectivity index (χ0v) is 11.1. The SMILES string of the molecule is N#Cc1nnn(CCCO)c1-c1cccc(Br)c1. The van der Waals surface area contributed by atoms with Crippen LogP contribution in [-0.4, -0.2) is 26.7 Å². The topological polar surface area (TPSA) is 74.7 Å². The molecule has 0 radical (unpaired) electrons. The molecule has 2 rings (SSSR count). The molecule has 18 heavy (non-hydrogen) atoms. The van der Waals surface area contributed by atoms with Gasteiger partial charge in [-0.15, -0.1) is 5.10 Å². The average molecular weight is 307 g/mol. The van der Waals surface area contributed by atoms with Gasteiger partial charge in [0, 0.05) is 23.2 Å². The molecule has 0 saturated carbocycles. The summed E-state index contributed by atoms with van der Waals surface area (Å²) >= 11 is 3.40. The molecule has 92 valence electrons. The lowest BCUT2D eigenvalue weighted by molar-refractivity contribution is 0.276. The van der Waals surface area contributed by atoms with E-state index in [-0.39, 0.29) is 6.61 Å². The number of aryl methyl sites for hydroxylation is 1. The van der Waals surface area contributed by atoms with Crippen LogP contribution in [0.2, 0.25) is 0 Å². The van der Waals surface area contributed by atoms with Gasteiger partial charge in [-0.1, -0.05) is 33.3 Å². The molecule has 0 aliphatic carbocycles. The molecule has 0 fully saturated rings. The molecule has 5 nitrogen and oxygen atoms in total. The summed E-state index contributed by atoms with van der Waals surface area (Å²) < 4.78 is 2.58. The third kappa shape index (κ3) is 2.58. The van der Waals surface area contributed by atoms with E-state index in [1.165, 1.54) is 0 Å². The molecule has 1 N–H and O–H groups in total. The lowest BCUT2D eigenvalue weighted by Gasteiger charge is -2.06. The number of nitrogens with zero attached hydrogens (tertiary/aromatic N) is 4. The van der Waals surface area contributed by atoms with Gasteiger partial charge in [-0.25, -0.2) is 4.68 Å². The van der Waals surface area contributed by atoms with E-state index in [0.717, 1.165) is 10.0 Å². The van der Waals surface area contributed by atoms with E-state index in [1.807, 2.05) is 30.3 Å². The molecule has 0 atom stereocenters. The third-order valence-electron chi connectivity index (χ3n) is 2.47. The number of benzene rings is 1. The van der Waals surface area contributed by atoms with Crippen LogP contribution >= 0.6 is 15.9 Å². The van der Waals surface area contributed by atoms with Gasteiger partial charge >= 0.3 is 0 Å². The van der Waals surface area contributed by atoms with E-state index in [9.17, 15) is 0 Å². The van der Waals surface area contributed by atoms with Crippen LogP contribution < -0.4 is 0 Å². The molecule has 2 aromatic rings. The summed E-state index contributed by atoms with van der Waals surface area (Å²) in [5.41, 5.74) is 1.86. The van der Waals surface area contributed by atoms with Crippen LogP contribution in [0.5, 0.6) is 0 Å². The summed E-state index contributed by atoms with van der Waals surface area (Å²) in [6.45, 7) is 0.618. The van der Waals surface area contributed by atoms with Crippen LogP contribution in [0, 0.1) is 11.3 Å². The Kier molecular flexibility index (Phi) is 4.07. The maximum atomic E-state index is 9.06. The monoisotopic (exact) mass is 306 g/mol. The van der Waals surface area contributed by atoms with E-state index in [0.29, 0.717) is 24.4 Å². The van der Waals surface area contributed by atoms with Crippen LogP contribution in [0.25, 0.3) is 11.3 Å². The Balaban J connectivity index is 2.47. The highest BCUT2D eigenvalue weighted by Crippen LogP contribution is 2.25. The summed E-state index contributed by atoms with van der Waals surface area (Å²) in [6, 6.07) is 9.66. The van der Waals surface area contributed by atoms with E-state index < -0.39 is 0 Å². The van der Waals surface area contributed by atoms with Crippen LogP contribution in [-0.2, 0) is 6.54 Å². The van der Waals surface area contributed by atoms with Crippen LogP contribution in [0.15, 0.2) is 28.7 Å². The Labute approximate surface area is 113 Å². The van der Waals surface area contributed by atoms with Crippen LogP contribution in [0.1, 0.15) is 12.1 Å². The lowest BCUT2D eigenvalue weighted by Crippen LogP contribution is -2.04. The number of rotatable bonds is 4. The van der Waals surface area contributed by atoms with Crippen molar-refractivity contribution in [3.63, 3.8) is 0 Å². The molecule has 0 aliphatic rings. The van der Waals surface area contributed by atoms with Crippen molar-refractivity contribution in [1.29, 1.82) is 5.26 Å². The summed E-state index contributed by atoms with van der Waals surface area (Å²) in [4.78, 5) is 0. The molecule has 0 saturated heterocycles. The van der Waals surface area contributed by atoms with Crippen molar-refractivity contribution in [2.24, 2.45) is 0 Å². The fourth-order valence-corrected chi connectivity index (χ4v) is 2.09. The first kappa shape index (κ1) is 12.7. The Morgan fingerprint density at radius 1 is 1.44 bits per heavy atom. The predicted octanol–water partition coefficient (Wildman–Crippen LogP) is 1.96. The molecule has 0 spiro atoms. The van der Waals surface area contributed by atoms with Gasteiger partial charge in [0.25, 0.3) is 0 Å². The fourth-order valence-electron chi connectivity index (χ4n) is 1.69. The number of aliphatic hydroxyl groups is 1. The predicted molar refractivity (Wildman–Crippen MR) is 69.6 cm³/mol. The average Bonchev–Trinajstić information content (AvgIpc) is 2.79. The quantitative estimate of drug-likeness (QED) is 0.937. The highest BCUT2D eigenvalue weighted by Gasteiger charge is 2.14. The minimum atomic E-state index is 0.0830. The maximum Gasteiger partial charge on any atom is 0.190 e. The zero-order valence-electron chi connectivity index (χ0n) is 9.54. The zero-order chi connectivity index (χ0) is 13.0. The van der Waals surface area contributed by atoms with Crippen molar-refractivity contribution in [1.82, 2.24) is 15.0 Å².